The van der Waals surface area contributed by atoms with Gasteiger partial charge in [-0.15, -0.1) is 10.2 Å². The van der Waals surface area contributed by atoms with E-state index in [2.05, 4.69) is 20.9 Å². The summed E-state index contributed by atoms with van der Waals surface area (Å²) in [5.41, 5.74) is 4.64. The van der Waals surface area contributed by atoms with Crippen molar-refractivity contribution in [3.8, 4) is 11.5 Å². The van der Waals surface area contributed by atoms with Gasteiger partial charge in [0.15, 0.2) is 5.82 Å². The molecule has 0 saturated carbocycles. The van der Waals surface area contributed by atoms with E-state index in [4.69, 9.17) is 9.47 Å². The van der Waals surface area contributed by atoms with Gasteiger partial charge < -0.3 is 20.2 Å². The Bertz CT molecular complexity index is 1320. The number of anilines is 1. The van der Waals surface area contributed by atoms with Crippen molar-refractivity contribution in [2.45, 2.75) is 23.1 Å². The van der Waals surface area contributed by atoms with E-state index in [1.807, 2.05) is 42.5 Å². The van der Waals surface area contributed by atoms with Crippen molar-refractivity contribution in [1.29, 1.82) is 0 Å². The van der Waals surface area contributed by atoms with E-state index in [0.717, 1.165) is 5.56 Å². The van der Waals surface area contributed by atoms with Gasteiger partial charge in [-0.1, -0.05) is 54.2 Å². The molecule has 10 heteroatoms. The summed E-state index contributed by atoms with van der Waals surface area (Å²) >= 11 is 1.27. The van der Waals surface area contributed by atoms with Crippen LogP contribution in [0.5, 0.6) is 11.5 Å². The third-order valence-corrected chi connectivity index (χ3v) is 6.68. The Labute approximate surface area is 205 Å². The molecule has 0 saturated heterocycles. The average Bonchev–Trinajstić information content (AvgIpc) is 3.30. The Morgan fingerprint density at radius 1 is 1.06 bits per heavy atom. The number of aromatic nitrogens is 3. The third-order valence-electron chi connectivity index (χ3n) is 5.47. The number of hydrogen-bond donors (Lipinski definition) is 2. The zero-order valence-corrected chi connectivity index (χ0v) is 19.5. The lowest BCUT2D eigenvalue weighted by Crippen LogP contribution is -2.41. The number of methoxy groups -OCH3 is 1. The molecular formula is C25H22FN5O3S. The maximum Gasteiger partial charge on any atom is 0.240 e. The van der Waals surface area contributed by atoms with Crippen LogP contribution in [-0.2, 0) is 11.4 Å². The van der Waals surface area contributed by atoms with E-state index in [9.17, 15) is 9.18 Å². The Morgan fingerprint density at radius 3 is 2.57 bits per heavy atom. The van der Waals surface area contributed by atoms with E-state index >= 15 is 0 Å². The molecule has 5 rings (SSSR count). The van der Waals surface area contributed by atoms with Crippen molar-refractivity contribution < 1.29 is 18.7 Å². The molecule has 2 heterocycles. The zero-order valence-electron chi connectivity index (χ0n) is 18.7. The fraction of sp³-hybridized carbons (Fsp3) is 0.160. The van der Waals surface area contributed by atoms with Gasteiger partial charge in [0.25, 0.3) is 0 Å². The fourth-order valence-electron chi connectivity index (χ4n) is 3.73. The number of rotatable bonds is 7. The van der Waals surface area contributed by atoms with Crippen molar-refractivity contribution in [2.75, 3.05) is 17.9 Å². The van der Waals surface area contributed by atoms with Crippen LogP contribution in [0.1, 0.15) is 17.4 Å². The smallest absolute Gasteiger partial charge is 0.240 e. The van der Waals surface area contributed by atoms with Crippen LogP contribution < -0.4 is 20.2 Å². The van der Waals surface area contributed by atoms with Gasteiger partial charge in [-0.3, -0.25) is 4.79 Å². The lowest BCUT2D eigenvalue weighted by atomic mass is 10.0. The number of ether oxygens (including phenoxy) is 2. The lowest BCUT2D eigenvalue weighted by molar-refractivity contribution is -0.116. The number of hydrogen-bond acceptors (Lipinski definition) is 7. The molecule has 0 spiro atoms. The Morgan fingerprint density at radius 2 is 1.80 bits per heavy atom. The SMILES string of the molecule is COc1ccccc1NC(=O)[C@@H]1Sc2nnc(COc3ccccc3)n2N[C@H]1c1ccc(F)cc1. The number of carbonyl (C=O) groups is 1. The van der Waals surface area contributed by atoms with Crippen LogP contribution in [0.15, 0.2) is 84.0 Å². The Balaban J connectivity index is 1.43. The number of fused-ring (bicyclic) bond motifs is 1. The van der Waals surface area contributed by atoms with Crippen LogP contribution in [0.4, 0.5) is 10.1 Å². The van der Waals surface area contributed by atoms with Crippen LogP contribution in [0.25, 0.3) is 0 Å². The van der Waals surface area contributed by atoms with Crippen molar-refractivity contribution in [3.63, 3.8) is 0 Å². The molecule has 1 aliphatic rings. The van der Waals surface area contributed by atoms with E-state index in [1.54, 1.807) is 36.1 Å². The predicted molar refractivity (Wildman–Crippen MR) is 131 cm³/mol. The number of para-hydroxylation sites is 3. The topological polar surface area (TPSA) is 90.3 Å². The molecule has 0 unspecified atom stereocenters. The molecule has 0 radical (unpaired) electrons. The summed E-state index contributed by atoms with van der Waals surface area (Å²) < 4.78 is 26.6. The van der Waals surface area contributed by atoms with Crippen LogP contribution in [0.3, 0.4) is 0 Å². The molecule has 2 N–H and O–H groups in total. The molecular weight excluding hydrogens is 469 g/mol. The summed E-state index contributed by atoms with van der Waals surface area (Å²) in [5, 5.41) is 11.4. The first-order valence-corrected chi connectivity index (χ1v) is 11.7. The van der Waals surface area contributed by atoms with Crippen molar-refractivity contribution in [1.82, 2.24) is 14.9 Å². The van der Waals surface area contributed by atoms with Gasteiger partial charge in [-0.05, 0) is 42.0 Å². The van der Waals surface area contributed by atoms with Crippen LogP contribution in [-0.4, -0.2) is 33.1 Å². The molecule has 35 heavy (non-hydrogen) atoms. The number of nitrogens with zero attached hydrogens (tertiary/aromatic N) is 3. The molecule has 1 amide bonds. The van der Waals surface area contributed by atoms with E-state index in [1.165, 1.54) is 23.9 Å². The number of amides is 1. The van der Waals surface area contributed by atoms with Crippen molar-refractivity contribution in [3.05, 3.63) is 96.1 Å². The molecule has 0 bridgehead atoms. The Kier molecular flexibility index (Phi) is 6.53. The van der Waals surface area contributed by atoms with Gasteiger partial charge in [0.05, 0.1) is 18.8 Å². The first kappa shape index (κ1) is 22.7. The summed E-state index contributed by atoms with van der Waals surface area (Å²) in [4.78, 5) is 13.4. The summed E-state index contributed by atoms with van der Waals surface area (Å²) in [6.07, 6.45) is 0. The summed E-state index contributed by atoms with van der Waals surface area (Å²) in [6, 6.07) is 22.2. The minimum absolute atomic E-state index is 0.179. The highest BCUT2D eigenvalue weighted by molar-refractivity contribution is 8.00. The first-order chi connectivity index (χ1) is 17.1. The normalized spacial score (nSPS) is 16.6. The molecule has 3 aromatic carbocycles. The minimum atomic E-state index is -0.620. The van der Waals surface area contributed by atoms with Crippen LogP contribution in [0, 0.1) is 5.82 Å². The minimum Gasteiger partial charge on any atom is -0.495 e. The van der Waals surface area contributed by atoms with Gasteiger partial charge in [0.2, 0.25) is 11.1 Å². The quantitative estimate of drug-likeness (QED) is 0.396. The Hall–Kier alpha value is -4.05. The predicted octanol–water partition coefficient (Wildman–Crippen LogP) is 4.40. The summed E-state index contributed by atoms with van der Waals surface area (Å²) in [7, 11) is 1.55. The molecule has 8 nitrogen and oxygen atoms in total. The highest BCUT2D eigenvalue weighted by atomic mass is 32.2. The monoisotopic (exact) mass is 491 g/mol. The lowest BCUT2D eigenvalue weighted by Gasteiger charge is -2.33. The van der Waals surface area contributed by atoms with Gasteiger partial charge in [-0.2, -0.15) is 0 Å². The molecule has 2 atom stereocenters. The standard InChI is InChI=1S/C25H22FN5O3S/c1-33-20-10-6-5-9-19(20)27-24(32)23-22(16-11-13-17(26)14-12-16)30-31-21(28-29-25(31)35-23)15-34-18-7-3-2-4-8-18/h2-14,22-23,30H,15H2,1H3,(H,27,32)/t22-,23+/m0/s1. The van der Waals surface area contributed by atoms with E-state index in [0.29, 0.717) is 28.2 Å². The largest absolute Gasteiger partial charge is 0.495 e. The van der Waals surface area contributed by atoms with Gasteiger partial charge in [0, 0.05) is 0 Å². The average molecular weight is 492 g/mol. The van der Waals surface area contributed by atoms with E-state index in [-0.39, 0.29) is 18.3 Å². The second kappa shape index (κ2) is 10.1. The highest BCUT2D eigenvalue weighted by Crippen LogP contribution is 2.38. The number of benzene rings is 3. The first-order valence-electron chi connectivity index (χ1n) is 10.9. The molecule has 1 aromatic heterocycles. The molecule has 0 fully saturated rings. The second-order valence-electron chi connectivity index (χ2n) is 7.72. The molecule has 1 aliphatic heterocycles. The summed E-state index contributed by atoms with van der Waals surface area (Å²) in [5.74, 6) is 1.20. The number of carbonyl (C=O) groups excluding carboxylic acids is 1. The van der Waals surface area contributed by atoms with Crippen molar-refractivity contribution >= 4 is 23.4 Å². The summed E-state index contributed by atoms with van der Waals surface area (Å²) in [6.45, 7) is 0.179. The van der Waals surface area contributed by atoms with Crippen LogP contribution in [0.2, 0.25) is 0 Å². The highest BCUT2D eigenvalue weighted by Gasteiger charge is 2.38. The third kappa shape index (κ3) is 4.92. The number of nitrogens with one attached hydrogen (secondary N) is 2. The van der Waals surface area contributed by atoms with Crippen LogP contribution >= 0.6 is 11.8 Å². The number of halogens is 1. The molecule has 0 aliphatic carbocycles. The van der Waals surface area contributed by atoms with E-state index < -0.39 is 11.3 Å². The zero-order chi connectivity index (χ0) is 24.2. The van der Waals surface area contributed by atoms with Gasteiger partial charge >= 0.3 is 0 Å². The van der Waals surface area contributed by atoms with Gasteiger partial charge in [0.1, 0.15) is 29.2 Å². The van der Waals surface area contributed by atoms with Crippen molar-refractivity contribution in [2.24, 2.45) is 0 Å². The van der Waals surface area contributed by atoms with Gasteiger partial charge in [-0.25, -0.2) is 9.07 Å². The maximum absolute atomic E-state index is 13.6. The fourth-order valence-corrected chi connectivity index (χ4v) is 4.83. The molecule has 178 valence electrons. The maximum atomic E-state index is 13.6. The second-order valence-corrected chi connectivity index (χ2v) is 8.83. The number of thioether (sulfide) groups is 1. The molecule has 4 aromatic rings.